The van der Waals surface area contributed by atoms with Gasteiger partial charge in [0.2, 0.25) is 10.0 Å². The Balaban J connectivity index is 2.93. The topological polar surface area (TPSA) is 84.2 Å². The molecule has 1 aromatic rings. The first-order valence-electron chi connectivity index (χ1n) is 5.76. The highest BCUT2D eigenvalue weighted by molar-refractivity contribution is 7.89. The molecule has 5 nitrogen and oxygen atoms in total. The van der Waals surface area contributed by atoms with Crippen molar-refractivity contribution in [1.82, 2.24) is 4.72 Å². The molecular weight excluding hydrogens is 250 g/mol. The van der Waals surface area contributed by atoms with E-state index in [1.54, 1.807) is 12.1 Å². The highest BCUT2D eigenvalue weighted by Gasteiger charge is 2.25. The Bertz CT molecular complexity index is 489. The van der Waals surface area contributed by atoms with Crippen molar-refractivity contribution in [2.45, 2.75) is 38.6 Å². The molecule has 0 aliphatic heterocycles. The SMILES string of the molecule is CC(NS(=O)(=O)c1ccc(NN)cc1)C(C)(C)C. The van der Waals surface area contributed by atoms with Gasteiger partial charge in [-0.05, 0) is 36.6 Å². The van der Waals surface area contributed by atoms with Crippen LogP contribution in [0.2, 0.25) is 0 Å². The summed E-state index contributed by atoms with van der Waals surface area (Å²) in [5.41, 5.74) is 2.99. The van der Waals surface area contributed by atoms with Crippen LogP contribution in [0.3, 0.4) is 0 Å². The van der Waals surface area contributed by atoms with Gasteiger partial charge >= 0.3 is 0 Å². The van der Waals surface area contributed by atoms with Crippen LogP contribution >= 0.6 is 0 Å². The first-order valence-corrected chi connectivity index (χ1v) is 7.24. The summed E-state index contributed by atoms with van der Waals surface area (Å²) >= 11 is 0. The van der Waals surface area contributed by atoms with E-state index in [2.05, 4.69) is 10.1 Å². The van der Waals surface area contributed by atoms with Crippen LogP contribution in [-0.2, 0) is 10.0 Å². The highest BCUT2D eigenvalue weighted by Crippen LogP contribution is 2.21. The molecule has 0 fully saturated rings. The quantitative estimate of drug-likeness (QED) is 0.574. The van der Waals surface area contributed by atoms with Gasteiger partial charge in [-0.25, -0.2) is 13.1 Å². The van der Waals surface area contributed by atoms with Gasteiger partial charge in [-0.2, -0.15) is 0 Å². The fraction of sp³-hybridized carbons (Fsp3) is 0.500. The molecular formula is C12H21N3O2S. The molecule has 1 rings (SSSR count). The van der Waals surface area contributed by atoms with Crippen LogP contribution in [0.25, 0.3) is 0 Å². The lowest BCUT2D eigenvalue weighted by molar-refractivity contribution is 0.317. The third kappa shape index (κ3) is 3.69. The zero-order valence-corrected chi connectivity index (χ0v) is 12.0. The molecule has 0 aliphatic carbocycles. The summed E-state index contributed by atoms with van der Waals surface area (Å²) in [5, 5.41) is 0. The van der Waals surface area contributed by atoms with Crippen LogP contribution in [0.4, 0.5) is 5.69 Å². The van der Waals surface area contributed by atoms with Crippen molar-refractivity contribution in [2.24, 2.45) is 11.3 Å². The minimum Gasteiger partial charge on any atom is -0.324 e. The van der Waals surface area contributed by atoms with E-state index < -0.39 is 10.0 Å². The zero-order chi connectivity index (χ0) is 14.0. The van der Waals surface area contributed by atoms with Crippen LogP contribution in [0.5, 0.6) is 0 Å². The van der Waals surface area contributed by atoms with Crippen LogP contribution in [-0.4, -0.2) is 14.5 Å². The molecule has 0 spiro atoms. The van der Waals surface area contributed by atoms with Gasteiger partial charge in [0.1, 0.15) is 0 Å². The molecule has 0 bridgehead atoms. The van der Waals surface area contributed by atoms with Gasteiger partial charge in [0.15, 0.2) is 0 Å². The van der Waals surface area contributed by atoms with Gasteiger partial charge in [-0.3, -0.25) is 5.84 Å². The molecule has 6 heteroatoms. The van der Waals surface area contributed by atoms with Gasteiger partial charge in [-0.1, -0.05) is 20.8 Å². The second-order valence-electron chi connectivity index (χ2n) is 5.38. The van der Waals surface area contributed by atoms with Crippen LogP contribution < -0.4 is 16.0 Å². The van der Waals surface area contributed by atoms with E-state index in [9.17, 15) is 8.42 Å². The smallest absolute Gasteiger partial charge is 0.240 e. The normalized spacial score (nSPS) is 14.3. The number of rotatable bonds is 4. The number of benzene rings is 1. The summed E-state index contributed by atoms with van der Waals surface area (Å²) in [7, 11) is -3.49. The van der Waals surface area contributed by atoms with Gasteiger partial charge in [0.25, 0.3) is 0 Å². The Morgan fingerprint density at radius 1 is 1.17 bits per heavy atom. The summed E-state index contributed by atoms with van der Waals surface area (Å²) < 4.78 is 26.9. The van der Waals surface area contributed by atoms with E-state index in [4.69, 9.17) is 5.84 Å². The van der Waals surface area contributed by atoms with E-state index in [1.165, 1.54) is 12.1 Å². The number of nitrogen functional groups attached to an aromatic ring is 1. The number of hydrogen-bond donors (Lipinski definition) is 3. The van der Waals surface area contributed by atoms with E-state index in [0.29, 0.717) is 5.69 Å². The van der Waals surface area contributed by atoms with E-state index in [-0.39, 0.29) is 16.4 Å². The third-order valence-corrected chi connectivity index (χ3v) is 4.52. The van der Waals surface area contributed by atoms with Gasteiger partial charge in [0, 0.05) is 11.7 Å². The van der Waals surface area contributed by atoms with Crippen LogP contribution in [0.1, 0.15) is 27.7 Å². The second-order valence-corrected chi connectivity index (χ2v) is 7.09. The maximum absolute atomic E-state index is 12.1. The Morgan fingerprint density at radius 2 is 1.67 bits per heavy atom. The van der Waals surface area contributed by atoms with Crippen molar-refractivity contribution < 1.29 is 8.42 Å². The molecule has 0 radical (unpaired) electrons. The van der Waals surface area contributed by atoms with E-state index >= 15 is 0 Å². The summed E-state index contributed by atoms with van der Waals surface area (Å²) in [6.45, 7) is 7.82. The van der Waals surface area contributed by atoms with Crippen LogP contribution in [0, 0.1) is 5.41 Å². The molecule has 0 heterocycles. The molecule has 102 valence electrons. The van der Waals surface area contributed by atoms with Crippen molar-refractivity contribution in [1.29, 1.82) is 0 Å². The molecule has 1 aromatic carbocycles. The fourth-order valence-electron chi connectivity index (χ4n) is 1.21. The summed E-state index contributed by atoms with van der Waals surface area (Å²) in [4.78, 5) is 0.234. The van der Waals surface area contributed by atoms with E-state index in [0.717, 1.165) is 0 Å². The third-order valence-electron chi connectivity index (χ3n) is 2.96. The lowest BCUT2D eigenvalue weighted by atomic mass is 9.89. The molecule has 0 saturated heterocycles. The van der Waals surface area contributed by atoms with Crippen molar-refractivity contribution in [3.8, 4) is 0 Å². The summed E-state index contributed by atoms with van der Waals surface area (Å²) in [6, 6.07) is 6.13. The Labute approximate surface area is 109 Å². The molecule has 0 saturated carbocycles. The minimum absolute atomic E-state index is 0.133. The summed E-state index contributed by atoms with van der Waals surface area (Å²) in [5.74, 6) is 5.23. The molecule has 1 unspecified atom stereocenters. The molecule has 1 atom stereocenters. The molecule has 0 aromatic heterocycles. The van der Waals surface area contributed by atoms with Crippen molar-refractivity contribution in [2.75, 3.05) is 5.43 Å². The minimum atomic E-state index is -3.49. The number of nitrogens with one attached hydrogen (secondary N) is 2. The lowest BCUT2D eigenvalue weighted by Gasteiger charge is -2.27. The number of hydrazine groups is 1. The monoisotopic (exact) mass is 271 g/mol. The Morgan fingerprint density at radius 3 is 2.06 bits per heavy atom. The van der Waals surface area contributed by atoms with Crippen molar-refractivity contribution in [3.63, 3.8) is 0 Å². The summed E-state index contributed by atoms with van der Waals surface area (Å²) in [6.07, 6.45) is 0. The number of anilines is 1. The molecule has 18 heavy (non-hydrogen) atoms. The Kier molecular flexibility index (Phi) is 4.37. The maximum Gasteiger partial charge on any atom is 0.240 e. The molecule has 4 N–H and O–H groups in total. The largest absolute Gasteiger partial charge is 0.324 e. The first kappa shape index (κ1) is 14.9. The number of nitrogens with two attached hydrogens (primary N) is 1. The van der Waals surface area contributed by atoms with Gasteiger partial charge in [-0.15, -0.1) is 0 Å². The Hall–Kier alpha value is -1.11. The average molecular weight is 271 g/mol. The highest BCUT2D eigenvalue weighted by atomic mass is 32.2. The fourth-order valence-corrected chi connectivity index (χ4v) is 2.66. The number of sulfonamides is 1. The first-order chi connectivity index (χ1) is 8.16. The predicted octanol–water partition coefficient (Wildman–Crippen LogP) is 1.69. The van der Waals surface area contributed by atoms with E-state index in [1.807, 2.05) is 27.7 Å². The van der Waals surface area contributed by atoms with Crippen LogP contribution in [0.15, 0.2) is 29.2 Å². The second kappa shape index (κ2) is 5.26. The lowest BCUT2D eigenvalue weighted by Crippen LogP contribution is -2.41. The number of hydrogen-bond acceptors (Lipinski definition) is 4. The predicted molar refractivity (Wildman–Crippen MR) is 73.5 cm³/mol. The van der Waals surface area contributed by atoms with Gasteiger partial charge in [0.05, 0.1) is 4.90 Å². The van der Waals surface area contributed by atoms with Crippen molar-refractivity contribution >= 4 is 15.7 Å². The van der Waals surface area contributed by atoms with Gasteiger partial charge < -0.3 is 5.43 Å². The zero-order valence-electron chi connectivity index (χ0n) is 11.2. The molecule has 0 aliphatic rings. The van der Waals surface area contributed by atoms with Crippen molar-refractivity contribution in [3.05, 3.63) is 24.3 Å². The maximum atomic E-state index is 12.1. The average Bonchev–Trinajstić information content (AvgIpc) is 2.27. The molecule has 0 amide bonds. The standard InChI is InChI=1S/C12H21N3O2S/c1-9(12(2,3)4)15-18(16,17)11-7-5-10(14-13)6-8-11/h5-9,14-15H,13H2,1-4H3.